The summed E-state index contributed by atoms with van der Waals surface area (Å²) in [6.07, 6.45) is 8.58. The molecule has 2 fully saturated rings. The van der Waals surface area contributed by atoms with Crippen molar-refractivity contribution >= 4 is 0 Å². The average Bonchev–Trinajstić information content (AvgIpc) is 3.23. The fourth-order valence-corrected chi connectivity index (χ4v) is 3.35. The molecule has 2 nitrogen and oxygen atoms in total. The molecule has 0 aromatic carbocycles. The van der Waals surface area contributed by atoms with Crippen molar-refractivity contribution in [1.82, 2.24) is 10.2 Å². The van der Waals surface area contributed by atoms with Crippen LogP contribution in [0.5, 0.6) is 0 Å². The van der Waals surface area contributed by atoms with Crippen molar-refractivity contribution in [2.45, 2.75) is 72.3 Å². The molecule has 118 valence electrons. The minimum absolute atomic E-state index is 0.447. The maximum absolute atomic E-state index is 3.69. The molecule has 1 N–H and O–H groups in total. The highest BCUT2D eigenvalue weighted by molar-refractivity contribution is 4.87. The third-order valence-electron chi connectivity index (χ3n) is 4.82. The van der Waals surface area contributed by atoms with E-state index in [1.807, 2.05) is 0 Å². The Balaban J connectivity index is 1.86. The van der Waals surface area contributed by atoms with Crippen molar-refractivity contribution in [1.29, 1.82) is 0 Å². The molecule has 0 aromatic rings. The number of nitrogens with one attached hydrogen (secondary N) is 1. The molecule has 2 aliphatic carbocycles. The molecule has 0 radical (unpaired) electrons. The van der Waals surface area contributed by atoms with Crippen LogP contribution >= 0.6 is 0 Å². The largest absolute Gasteiger partial charge is 0.314 e. The summed E-state index contributed by atoms with van der Waals surface area (Å²) in [6.45, 7) is 14.6. The summed E-state index contributed by atoms with van der Waals surface area (Å²) in [5.41, 5.74) is 0.447. The van der Waals surface area contributed by atoms with Gasteiger partial charge in [0.05, 0.1) is 0 Å². The fourth-order valence-electron chi connectivity index (χ4n) is 3.35. The van der Waals surface area contributed by atoms with E-state index in [1.54, 1.807) is 0 Å². The molecule has 2 saturated carbocycles. The van der Waals surface area contributed by atoms with E-state index in [2.05, 4.69) is 37.9 Å². The van der Waals surface area contributed by atoms with E-state index in [1.165, 1.54) is 64.7 Å². The third kappa shape index (κ3) is 6.13. The van der Waals surface area contributed by atoms with E-state index in [0.717, 1.165) is 11.8 Å². The molecule has 0 aliphatic heterocycles. The predicted octanol–water partition coefficient (Wildman–Crippen LogP) is 3.91. The molecular weight excluding hydrogens is 244 g/mol. The van der Waals surface area contributed by atoms with Gasteiger partial charge < -0.3 is 10.2 Å². The van der Waals surface area contributed by atoms with E-state index < -0.39 is 0 Å². The summed E-state index contributed by atoms with van der Waals surface area (Å²) in [6, 6.07) is 0.603. The zero-order chi connectivity index (χ0) is 14.6. The summed E-state index contributed by atoms with van der Waals surface area (Å²) in [4.78, 5) is 2.81. The first-order chi connectivity index (χ1) is 9.50. The van der Waals surface area contributed by atoms with Crippen LogP contribution < -0.4 is 5.32 Å². The van der Waals surface area contributed by atoms with E-state index in [4.69, 9.17) is 0 Å². The van der Waals surface area contributed by atoms with E-state index in [-0.39, 0.29) is 0 Å². The first kappa shape index (κ1) is 16.3. The van der Waals surface area contributed by atoms with Gasteiger partial charge in [0.25, 0.3) is 0 Å². The highest BCUT2D eigenvalue weighted by Gasteiger charge is 2.33. The molecule has 0 heterocycles. The summed E-state index contributed by atoms with van der Waals surface area (Å²) in [5, 5.41) is 3.69. The zero-order valence-corrected chi connectivity index (χ0v) is 14.3. The molecule has 0 aromatic heterocycles. The zero-order valence-electron chi connectivity index (χ0n) is 14.3. The van der Waals surface area contributed by atoms with Crippen molar-refractivity contribution in [3.8, 4) is 0 Å². The van der Waals surface area contributed by atoms with Gasteiger partial charge in [-0.15, -0.1) is 0 Å². The lowest BCUT2D eigenvalue weighted by Gasteiger charge is -2.37. The third-order valence-corrected chi connectivity index (χ3v) is 4.82. The van der Waals surface area contributed by atoms with Gasteiger partial charge in [0.15, 0.2) is 0 Å². The molecule has 2 heteroatoms. The van der Waals surface area contributed by atoms with Crippen LogP contribution in [0.3, 0.4) is 0 Å². The van der Waals surface area contributed by atoms with Crippen LogP contribution in [0, 0.1) is 17.3 Å². The van der Waals surface area contributed by atoms with Gasteiger partial charge in [0.1, 0.15) is 0 Å². The molecule has 1 unspecified atom stereocenters. The minimum Gasteiger partial charge on any atom is -0.314 e. The normalized spacial score (nSPS) is 22.5. The van der Waals surface area contributed by atoms with Gasteiger partial charge in [0, 0.05) is 32.2 Å². The summed E-state index contributed by atoms with van der Waals surface area (Å²) >= 11 is 0. The van der Waals surface area contributed by atoms with E-state index in [9.17, 15) is 0 Å². The number of hydrogen-bond donors (Lipinski definition) is 1. The molecular formula is C18H36N2. The molecule has 0 spiro atoms. The van der Waals surface area contributed by atoms with Crippen LogP contribution in [0.25, 0.3) is 0 Å². The number of nitrogens with zero attached hydrogens (tertiary/aromatic N) is 1. The second-order valence-electron chi connectivity index (χ2n) is 8.18. The lowest BCUT2D eigenvalue weighted by Crippen LogP contribution is -2.45. The smallest absolute Gasteiger partial charge is 0.00477 e. The second-order valence-corrected chi connectivity index (χ2v) is 8.18. The number of rotatable bonds is 11. The van der Waals surface area contributed by atoms with Gasteiger partial charge in [-0.05, 0) is 49.4 Å². The first-order valence-corrected chi connectivity index (χ1v) is 8.96. The van der Waals surface area contributed by atoms with Crippen LogP contribution in [0.15, 0.2) is 0 Å². The molecule has 20 heavy (non-hydrogen) atoms. The molecule has 0 bridgehead atoms. The molecule has 1 atom stereocenters. The fraction of sp³-hybridized carbons (Fsp3) is 1.00. The Kier molecular flexibility index (Phi) is 5.92. The SMILES string of the molecule is CCCC(C)(CNC(C)C)CN(CC1CC1)CC1CC1. The van der Waals surface area contributed by atoms with Crippen molar-refractivity contribution in [2.75, 3.05) is 26.2 Å². The molecule has 0 amide bonds. The van der Waals surface area contributed by atoms with Gasteiger partial charge in [-0.1, -0.05) is 34.1 Å². The van der Waals surface area contributed by atoms with Crippen LogP contribution in [-0.2, 0) is 0 Å². The van der Waals surface area contributed by atoms with Gasteiger partial charge in [-0.2, -0.15) is 0 Å². The second kappa shape index (κ2) is 7.26. The average molecular weight is 280 g/mol. The quantitative estimate of drug-likeness (QED) is 0.617. The molecule has 2 rings (SSSR count). The Hall–Kier alpha value is -0.0800. The highest BCUT2D eigenvalue weighted by atomic mass is 15.1. The highest BCUT2D eigenvalue weighted by Crippen LogP contribution is 2.35. The topological polar surface area (TPSA) is 15.3 Å². The monoisotopic (exact) mass is 280 g/mol. The van der Waals surface area contributed by atoms with Crippen LogP contribution in [0.4, 0.5) is 0 Å². The Bertz CT molecular complexity index is 267. The van der Waals surface area contributed by atoms with Gasteiger partial charge >= 0.3 is 0 Å². The Labute approximate surface area is 126 Å². The van der Waals surface area contributed by atoms with Gasteiger partial charge in [-0.25, -0.2) is 0 Å². The Morgan fingerprint density at radius 2 is 1.65 bits per heavy atom. The maximum atomic E-state index is 3.69. The summed E-state index contributed by atoms with van der Waals surface area (Å²) < 4.78 is 0. The van der Waals surface area contributed by atoms with E-state index >= 15 is 0 Å². The van der Waals surface area contributed by atoms with Crippen LogP contribution in [0.1, 0.15) is 66.2 Å². The van der Waals surface area contributed by atoms with Crippen LogP contribution in [0.2, 0.25) is 0 Å². The standard InChI is InChI=1S/C18H36N2/c1-5-10-18(4,13-19-15(2)3)14-20(11-16-6-7-16)12-17-8-9-17/h15-17,19H,5-14H2,1-4H3. The van der Waals surface area contributed by atoms with Crippen molar-refractivity contribution in [3.63, 3.8) is 0 Å². The lowest BCUT2D eigenvalue weighted by molar-refractivity contribution is 0.137. The number of hydrogen-bond acceptors (Lipinski definition) is 2. The molecule has 0 saturated heterocycles. The predicted molar refractivity (Wildman–Crippen MR) is 88.0 cm³/mol. The van der Waals surface area contributed by atoms with Crippen molar-refractivity contribution in [3.05, 3.63) is 0 Å². The Morgan fingerprint density at radius 1 is 1.10 bits per heavy atom. The van der Waals surface area contributed by atoms with Crippen LogP contribution in [-0.4, -0.2) is 37.1 Å². The van der Waals surface area contributed by atoms with Crippen molar-refractivity contribution in [2.24, 2.45) is 17.3 Å². The summed E-state index contributed by atoms with van der Waals surface area (Å²) in [5.74, 6) is 2.05. The lowest BCUT2D eigenvalue weighted by atomic mass is 9.84. The molecule has 2 aliphatic rings. The minimum atomic E-state index is 0.447. The van der Waals surface area contributed by atoms with Crippen molar-refractivity contribution < 1.29 is 0 Å². The van der Waals surface area contributed by atoms with E-state index in [0.29, 0.717) is 11.5 Å². The van der Waals surface area contributed by atoms with Gasteiger partial charge in [0.2, 0.25) is 0 Å². The first-order valence-electron chi connectivity index (χ1n) is 8.96. The summed E-state index contributed by atoms with van der Waals surface area (Å²) in [7, 11) is 0. The maximum Gasteiger partial charge on any atom is 0.00477 e. The Morgan fingerprint density at radius 3 is 2.05 bits per heavy atom. The van der Waals surface area contributed by atoms with Gasteiger partial charge in [-0.3, -0.25) is 0 Å².